The summed E-state index contributed by atoms with van der Waals surface area (Å²) in [5, 5.41) is 3.05. The number of fused-ring (bicyclic) bond motifs is 1. The second-order valence-corrected chi connectivity index (χ2v) is 8.20. The molecular weight excluding hydrogens is 367 g/mol. The summed E-state index contributed by atoms with van der Waals surface area (Å²) in [7, 11) is 0. The fourth-order valence-electron chi connectivity index (χ4n) is 4.44. The summed E-state index contributed by atoms with van der Waals surface area (Å²) < 4.78 is 13.3. The van der Waals surface area contributed by atoms with Crippen molar-refractivity contribution in [3.05, 3.63) is 70.5 Å². The molecule has 4 rings (SSSR count). The van der Waals surface area contributed by atoms with Crippen LogP contribution >= 0.6 is 0 Å². The molecule has 0 radical (unpaired) electrons. The van der Waals surface area contributed by atoms with Crippen molar-refractivity contribution in [2.45, 2.75) is 38.5 Å². The summed E-state index contributed by atoms with van der Waals surface area (Å²) in [5.74, 6) is -0.0900. The first-order valence-corrected chi connectivity index (χ1v) is 10.5. The fraction of sp³-hybridized carbons (Fsp3) is 0.417. The van der Waals surface area contributed by atoms with Crippen molar-refractivity contribution >= 4 is 11.8 Å². The number of hydrogen-bond acceptors (Lipinski definition) is 2. The number of carbonyl (C=O) groups is 2. The second kappa shape index (κ2) is 8.76. The van der Waals surface area contributed by atoms with Crippen LogP contribution in [0.3, 0.4) is 0 Å². The lowest BCUT2D eigenvalue weighted by Crippen LogP contribution is -2.44. The number of rotatable bonds is 5. The van der Waals surface area contributed by atoms with Gasteiger partial charge in [0, 0.05) is 25.2 Å². The Hall–Kier alpha value is -2.69. The molecule has 2 aromatic rings. The van der Waals surface area contributed by atoms with Gasteiger partial charge in [0.1, 0.15) is 5.82 Å². The van der Waals surface area contributed by atoms with Gasteiger partial charge in [-0.3, -0.25) is 9.59 Å². The smallest absolute Gasteiger partial charge is 0.251 e. The Balaban J connectivity index is 1.29. The predicted octanol–water partition coefficient (Wildman–Crippen LogP) is 3.53. The molecule has 5 heteroatoms. The maximum atomic E-state index is 13.3. The van der Waals surface area contributed by atoms with E-state index in [9.17, 15) is 14.0 Å². The molecule has 1 fully saturated rings. The Morgan fingerprint density at radius 1 is 1.07 bits per heavy atom. The number of nitrogens with one attached hydrogen (secondary N) is 1. The van der Waals surface area contributed by atoms with Crippen LogP contribution in [0.15, 0.2) is 42.5 Å². The number of halogens is 1. The molecule has 152 valence electrons. The Morgan fingerprint density at radius 3 is 2.79 bits per heavy atom. The van der Waals surface area contributed by atoms with Crippen molar-refractivity contribution in [2.75, 3.05) is 19.6 Å². The fourth-order valence-corrected chi connectivity index (χ4v) is 4.44. The van der Waals surface area contributed by atoms with E-state index in [0.29, 0.717) is 18.7 Å². The van der Waals surface area contributed by atoms with E-state index in [0.717, 1.165) is 37.8 Å². The highest BCUT2D eigenvalue weighted by Gasteiger charge is 2.24. The SMILES string of the molecule is O=C(NCC1CCCN(C(=O)Cc2cccc(F)c2)C1)c1ccc2c(c1)CCC2. The molecule has 1 aliphatic carbocycles. The molecule has 1 saturated heterocycles. The first-order chi connectivity index (χ1) is 14.1. The maximum absolute atomic E-state index is 13.3. The first-order valence-electron chi connectivity index (χ1n) is 10.5. The highest BCUT2D eigenvalue weighted by molar-refractivity contribution is 5.94. The monoisotopic (exact) mass is 394 g/mol. The highest BCUT2D eigenvalue weighted by Crippen LogP contribution is 2.23. The largest absolute Gasteiger partial charge is 0.352 e. The molecule has 2 aromatic carbocycles. The van der Waals surface area contributed by atoms with Crippen molar-refractivity contribution < 1.29 is 14.0 Å². The third-order valence-electron chi connectivity index (χ3n) is 6.03. The predicted molar refractivity (Wildman–Crippen MR) is 110 cm³/mol. The van der Waals surface area contributed by atoms with Crippen LogP contribution in [0.1, 0.15) is 46.3 Å². The Morgan fingerprint density at radius 2 is 1.93 bits per heavy atom. The average molecular weight is 394 g/mol. The van der Waals surface area contributed by atoms with Gasteiger partial charge in [0.05, 0.1) is 6.42 Å². The van der Waals surface area contributed by atoms with E-state index in [2.05, 4.69) is 11.4 Å². The number of nitrogens with zero attached hydrogens (tertiary/aromatic N) is 1. The molecule has 1 unspecified atom stereocenters. The zero-order valence-corrected chi connectivity index (χ0v) is 16.6. The van der Waals surface area contributed by atoms with Crippen LogP contribution in [0, 0.1) is 11.7 Å². The molecule has 2 amide bonds. The van der Waals surface area contributed by atoms with E-state index >= 15 is 0 Å². The minimum Gasteiger partial charge on any atom is -0.352 e. The number of aryl methyl sites for hydroxylation is 2. The van der Waals surface area contributed by atoms with E-state index in [4.69, 9.17) is 0 Å². The van der Waals surface area contributed by atoms with Crippen LogP contribution < -0.4 is 5.32 Å². The number of piperidine rings is 1. The van der Waals surface area contributed by atoms with Gasteiger partial charge in [0.15, 0.2) is 0 Å². The number of likely N-dealkylation sites (tertiary alicyclic amines) is 1. The third kappa shape index (κ3) is 4.84. The molecule has 0 spiro atoms. The molecule has 1 aliphatic heterocycles. The van der Waals surface area contributed by atoms with Crippen LogP contribution in [0.25, 0.3) is 0 Å². The normalized spacial score (nSPS) is 18.4. The van der Waals surface area contributed by atoms with Gasteiger partial charge in [0.2, 0.25) is 5.91 Å². The van der Waals surface area contributed by atoms with Crippen LogP contribution in [-0.2, 0) is 24.1 Å². The molecular formula is C24H27FN2O2. The summed E-state index contributed by atoms with van der Waals surface area (Å²) >= 11 is 0. The molecule has 1 N–H and O–H groups in total. The zero-order chi connectivity index (χ0) is 20.2. The first kappa shape index (κ1) is 19.6. The summed E-state index contributed by atoms with van der Waals surface area (Å²) in [6.07, 6.45) is 5.47. The van der Waals surface area contributed by atoms with Gasteiger partial charge in [-0.05, 0) is 79.0 Å². The van der Waals surface area contributed by atoms with E-state index in [1.165, 1.54) is 29.7 Å². The number of carbonyl (C=O) groups excluding carboxylic acids is 2. The maximum Gasteiger partial charge on any atom is 0.251 e. The van der Waals surface area contributed by atoms with Crippen molar-refractivity contribution in [1.29, 1.82) is 0 Å². The summed E-state index contributed by atoms with van der Waals surface area (Å²) in [6.45, 7) is 1.93. The van der Waals surface area contributed by atoms with Gasteiger partial charge in [0.25, 0.3) is 5.91 Å². The molecule has 4 nitrogen and oxygen atoms in total. The van der Waals surface area contributed by atoms with Gasteiger partial charge in [-0.25, -0.2) is 4.39 Å². The molecule has 1 atom stereocenters. The Bertz CT molecular complexity index is 912. The van der Waals surface area contributed by atoms with Gasteiger partial charge in [-0.2, -0.15) is 0 Å². The Labute approximate surface area is 171 Å². The summed E-state index contributed by atoms with van der Waals surface area (Å²) in [6, 6.07) is 12.2. The van der Waals surface area contributed by atoms with Crippen molar-refractivity contribution in [3.8, 4) is 0 Å². The molecule has 2 aliphatic rings. The van der Waals surface area contributed by atoms with Crippen molar-refractivity contribution in [1.82, 2.24) is 10.2 Å². The lowest BCUT2D eigenvalue weighted by molar-refractivity contribution is -0.132. The molecule has 29 heavy (non-hydrogen) atoms. The van der Waals surface area contributed by atoms with Crippen LogP contribution in [0.5, 0.6) is 0 Å². The van der Waals surface area contributed by atoms with Crippen molar-refractivity contribution in [2.24, 2.45) is 5.92 Å². The van der Waals surface area contributed by atoms with Crippen LogP contribution in [0.4, 0.5) is 4.39 Å². The topological polar surface area (TPSA) is 49.4 Å². The standard InChI is InChI=1S/C24H27FN2O2/c25-22-8-1-4-17(12-22)13-23(28)27-11-3-5-18(16-27)15-26-24(29)21-10-9-19-6-2-7-20(19)14-21/h1,4,8-10,12,14,18H,2-3,5-7,11,13,15-16H2,(H,26,29). The van der Waals surface area contributed by atoms with Crippen LogP contribution in [0.2, 0.25) is 0 Å². The lowest BCUT2D eigenvalue weighted by Gasteiger charge is -2.33. The highest BCUT2D eigenvalue weighted by atomic mass is 19.1. The van der Waals surface area contributed by atoms with E-state index in [-0.39, 0.29) is 30.0 Å². The second-order valence-electron chi connectivity index (χ2n) is 8.20. The minimum absolute atomic E-state index is 0.0187. The third-order valence-corrected chi connectivity index (χ3v) is 6.03. The van der Waals surface area contributed by atoms with Gasteiger partial charge < -0.3 is 10.2 Å². The Kier molecular flexibility index (Phi) is 5.93. The lowest BCUT2D eigenvalue weighted by atomic mass is 9.97. The van der Waals surface area contributed by atoms with Gasteiger partial charge >= 0.3 is 0 Å². The minimum atomic E-state index is -0.318. The average Bonchev–Trinajstić information content (AvgIpc) is 3.20. The summed E-state index contributed by atoms with van der Waals surface area (Å²) in [4.78, 5) is 27.0. The summed E-state index contributed by atoms with van der Waals surface area (Å²) in [5.41, 5.74) is 4.08. The van der Waals surface area contributed by atoms with E-state index in [1.807, 2.05) is 17.0 Å². The molecule has 0 aromatic heterocycles. The van der Waals surface area contributed by atoms with E-state index < -0.39 is 0 Å². The van der Waals surface area contributed by atoms with Crippen molar-refractivity contribution in [3.63, 3.8) is 0 Å². The van der Waals surface area contributed by atoms with Gasteiger partial charge in [-0.1, -0.05) is 18.2 Å². The number of benzene rings is 2. The van der Waals surface area contributed by atoms with Crippen LogP contribution in [-0.4, -0.2) is 36.3 Å². The number of amides is 2. The van der Waals surface area contributed by atoms with Gasteiger partial charge in [-0.15, -0.1) is 0 Å². The molecule has 0 bridgehead atoms. The molecule has 1 heterocycles. The number of hydrogen-bond donors (Lipinski definition) is 1. The van der Waals surface area contributed by atoms with E-state index in [1.54, 1.807) is 12.1 Å². The quantitative estimate of drug-likeness (QED) is 0.844. The molecule has 0 saturated carbocycles. The zero-order valence-electron chi connectivity index (χ0n) is 16.6.